The maximum Gasteiger partial charge on any atom is 0.251 e. The average Bonchev–Trinajstić information content (AvgIpc) is 3.13. The summed E-state index contributed by atoms with van der Waals surface area (Å²) >= 11 is 7.34. The Morgan fingerprint density at radius 2 is 1.85 bits per heavy atom. The van der Waals surface area contributed by atoms with Crippen molar-refractivity contribution in [3.8, 4) is 0 Å². The van der Waals surface area contributed by atoms with E-state index in [9.17, 15) is 14.0 Å². The van der Waals surface area contributed by atoms with Gasteiger partial charge < -0.3 is 15.2 Å². The Hall–Kier alpha value is -2.91. The molecular formula is C23H25ClFN5O2S. The van der Waals surface area contributed by atoms with Crippen molar-refractivity contribution in [3.05, 3.63) is 70.3 Å². The topological polar surface area (TPSA) is 88.9 Å². The number of rotatable bonds is 8. The minimum absolute atomic E-state index is 0.0183. The van der Waals surface area contributed by atoms with E-state index in [0.717, 1.165) is 5.56 Å². The summed E-state index contributed by atoms with van der Waals surface area (Å²) in [5.74, 6) is -0.224. The van der Waals surface area contributed by atoms with Crippen LogP contribution in [-0.2, 0) is 11.8 Å². The molecule has 0 aliphatic heterocycles. The maximum absolute atomic E-state index is 13.2. The highest BCUT2D eigenvalue weighted by Crippen LogP contribution is 2.25. The summed E-state index contributed by atoms with van der Waals surface area (Å²) in [7, 11) is 1.79. The van der Waals surface area contributed by atoms with E-state index in [4.69, 9.17) is 11.6 Å². The Bertz CT molecular complexity index is 1150. The van der Waals surface area contributed by atoms with Crippen LogP contribution >= 0.6 is 23.4 Å². The van der Waals surface area contributed by atoms with Gasteiger partial charge in [-0.2, -0.15) is 0 Å². The molecule has 0 spiro atoms. The number of halogens is 2. The SMILES string of the molecule is Cc1ccc(NC(=O)CSc2nnc([C@H](NC(=O)c3ccc(F)cc3)C(C)C)n2C)cc1Cl. The number of anilines is 1. The maximum atomic E-state index is 13.2. The Morgan fingerprint density at radius 1 is 1.15 bits per heavy atom. The number of aryl methyl sites for hydroxylation is 1. The zero-order valence-electron chi connectivity index (χ0n) is 18.7. The Balaban J connectivity index is 1.65. The second-order valence-electron chi connectivity index (χ2n) is 7.90. The predicted molar refractivity (Wildman–Crippen MR) is 128 cm³/mol. The van der Waals surface area contributed by atoms with Gasteiger partial charge in [0.1, 0.15) is 5.82 Å². The van der Waals surface area contributed by atoms with Gasteiger partial charge in [-0.25, -0.2) is 4.39 Å². The second-order valence-corrected chi connectivity index (χ2v) is 9.25. The van der Waals surface area contributed by atoms with Crippen LogP contribution in [0.4, 0.5) is 10.1 Å². The molecule has 33 heavy (non-hydrogen) atoms. The smallest absolute Gasteiger partial charge is 0.251 e. The number of benzene rings is 2. The molecule has 0 saturated heterocycles. The van der Waals surface area contributed by atoms with Crippen molar-refractivity contribution in [2.24, 2.45) is 13.0 Å². The molecule has 1 heterocycles. The minimum atomic E-state index is -0.419. The van der Waals surface area contributed by atoms with Crippen LogP contribution in [0.25, 0.3) is 0 Å². The summed E-state index contributed by atoms with van der Waals surface area (Å²) in [6.07, 6.45) is 0. The highest BCUT2D eigenvalue weighted by Gasteiger charge is 2.25. The van der Waals surface area contributed by atoms with E-state index in [-0.39, 0.29) is 23.5 Å². The second kappa shape index (κ2) is 10.8. The Morgan fingerprint density at radius 3 is 2.48 bits per heavy atom. The van der Waals surface area contributed by atoms with Gasteiger partial charge in [0.2, 0.25) is 5.91 Å². The molecule has 0 aliphatic rings. The molecule has 7 nitrogen and oxygen atoms in total. The highest BCUT2D eigenvalue weighted by molar-refractivity contribution is 7.99. The highest BCUT2D eigenvalue weighted by atomic mass is 35.5. The van der Waals surface area contributed by atoms with Crippen LogP contribution in [-0.4, -0.2) is 32.3 Å². The third kappa shape index (κ3) is 6.33. The first-order valence-electron chi connectivity index (χ1n) is 10.3. The van der Waals surface area contributed by atoms with Crippen molar-refractivity contribution < 1.29 is 14.0 Å². The normalized spacial score (nSPS) is 12.0. The summed E-state index contributed by atoms with van der Waals surface area (Å²) < 4.78 is 14.9. The summed E-state index contributed by atoms with van der Waals surface area (Å²) in [5, 5.41) is 15.3. The summed E-state index contributed by atoms with van der Waals surface area (Å²) in [5.41, 5.74) is 1.91. The number of carbonyl (C=O) groups is 2. The molecule has 0 aliphatic carbocycles. The van der Waals surface area contributed by atoms with E-state index in [0.29, 0.717) is 27.3 Å². The zero-order chi connectivity index (χ0) is 24.1. The fourth-order valence-corrected chi connectivity index (χ4v) is 3.97. The number of aromatic nitrogens is 3. The quantitative estimate of drug-likeness (QED) is 0.445. The lowest BCUT2D eigenvalue weighted by Gasteiger charge is -2.21. The number of nitrogens with one attached hydrogen (secondary N) is 2. The third-order valence-electron chi connectivity index (χ3n) is 4.99. The van der Waals surface area contributed by atoms with Crippen molar-refractivity contribution in [1.82, 2.24) is 20.1 Å². The van der Waals surface area contributed by atoms with Gasteiger partial charge in [-0.3, -0.25) is 9.59 Å². The number of thioether (sulfide) groups is 1. The number of hydrogen-bond acceptors (Lipinski definition) is 5. The Labute approximate surface area is 201 Å². The lowest BCUT2D eigenvalue weighted by Crippen LogP contribution is -2.33. The van der Waals surface area contributed by atoms with Crippen LogP contribution in [0, 0.1) is 18.7 Å². The Kier molecular flexibility index (Phi) is 8.10. The standard InChI is InChI=1S/C23H25ClFN5O2S/c1-13(2)20(27-22(32)15-6-8-16(25)9-7-15)21-28-29-23(30(21)4)33-12-19(31)26-17-10-5-14(3)18(24)11-17/h5-11,13,20H,12H2,1-4H3,(H,26,31)(H,27,32)/t20-/m1/s1. The molecule has 0 unspecified atom stereocenters. The number of carbonyl (C=O) groups excluding carboxylic acids is 2. The van der Waals surface area contributed by atoms with E-state index in [2.05, 4.69) is 20.8 Å². The molecule has 3 rings (SSSR count). The van der Waals surface area contributed by atoms with Crippen molar-refractivity contribution in [3.63, 3.8) is 0 Å². The summed E-state index contributed by atoms with van der Waals surface area (Å²) in [6.45, 7) is 5.80. The third-order valence-corrected chi connectivity index (χ3v) is 6.42. The lowest BCUT2D eigenvalue weighted by molar-refractivity contribution is -0.113. The summed E-state index contributed by atoms with van der Waals surface area (Å²) in [4.78, 5) is 25.0. The zero-order valence-corrected chi connectivity index (χ0v) is 20.3. The van der Waals surface area contributed by atoms with E-state index in [1.165, 1.54) is 36.0 Å². The van der Waals surface area contributed by atoms with Crippen molar-refractivity contribution in [1.29, 1.82) is 0 Å². The first kappa shape index (κ1) is 24.7. The van der Waals surface area contributed by atoms with Crippen LogP contribution < -0.4 is 10.6 Å². The first-order valence-corrected chi connectivity index (χ1v) is 11.7. The van der Waals surface area contributed by atoms with Crippen molar-refractivity contribution >= 4 is 40.9 Å². The minimum Gasteiger partial charge on any atom is -0.342 e. The van der Waals surface area contributed by atoms with Crippen LogP contribution in [0.15, 0.2) is 47.6 Å². The fourth-order valence-electron chi connectivity index (χ4n) is 3.08. The first-order chi connectivity index (χ1) is 15.7. The van der Waals surface area contributed by atoms with Gasteiger partial charge in [0.25, 0.3) is 5.91 Å². The predicted octanol–water partition coefficient (Wildman–Crippen LogP) is 4.77. The van der Waals surface area contributed by atoms with Gasteiger partial charge in [-0.05, 0) is 54.8 Å². The van der Waals surface area contributed by atoms with Crippen LogP contribution in [0.3, 0.4) is 0 Å². The van der Waals surface area contributed by atoms with Crippen molar-refractivity contribution in [2.75, 3.05) is 11.1 Å². The average molecular weight is 490 g/mol. The molecular weight excluding hydrogens is 465 g/mol. The van der Waals surface area contributed by atoms with Gasteiger partial charge in [0.05, 0.1) is 11.8 Å². The molecule has 1 aromatic heterocycles. The molecule has 0 saturated carbocycles. The van der Waals surface area contributed by atoms with Gasteiger partial charge in [-0.15, -0.1) is 10.2 Å². The van der Waals surface area contributed by atoms with E-state index >= 15 is 0 Å². The lowest BCUT2D eigenvalue weighted by atomic mass is 10.0. The molecule has 10 heteroatoms. The van der Waals surface area contributed by atoms with Crippen LogP contribution in [0.1, 0.15) is 41.6 Å². The molecule has 0 fully saturated rings. The van der Waals surface area contributed by atoms with E-state index in [1.807, 2.05) is 26.8 Å². The van der Waals surface area contributed by atoms with Gasteiger partial charge >= 0.3 is 0 Å². The molecule has 2 amide bonds. The number of nitrogens with zero attached hydrogens (tertiary/aromatic N) is 3. The molecule has 0 bridgehead atoms. The van der Waals surface area contributed by atoms with Crippen LogP contribution in [0.2, 0.25) is 5.02 Å². The molecule has 2 aromatic carbocycles. The molecule has 3 aromatic rings. The molecule has 174 valence electrons. The van der Waals surface area contributed by atoms with Crippen LogP contribution in [0.5, 0.6) is 0 Å². The van der Waals surface area contributed by atoms with Gasteiger partial charge in [0, 0.05) is 23.3 Å². The monoisotopic (exact) mass is 489 g/mol. The largest absolute Gasteiger partial charge is 0.342 e. The molecule has 1 atom stereocenters. The summed E-state index contributed by atoms with van der Waals surface area (Å²) in [6, 6.07) is 10.3. The number of amides is 2. The van der Waals surface area contributed by atoms with E-state index < -0.39 is 11.9 Å². The fraction of sp³-hybridized carbons (Fsp3) is 0.304. The van der Waals surface area contributed by atoms with Gasteiger partial charge in [0.15, 0.2) is 11.0 Å². The number of hydrogen-bond donors (Lipinski definition) is 2. The van der Waals surface area contributed by atoms with E-state index in [1.54, 1.807) is 23.7 Å². The van der Waals surface area contributed by atoms with Gasteiger partial charge in [-0.1, -0.05) is 43.3 Å². The molecule has 2 N–H and O–H groups in total. The van der Waals surface area contributed by atoms with Crippen molar-refractivity contribution in [2.45, 2.75) is 32.0 Å². The molecule has 0 radical (unpaired) electrons.